The van der Waals surface area contributed by atoms with Gasteiger partial charge in [-0.1, -0.05) is 40.2 Å². The number of amides is 1. The molecule has 1 amide bonds. The molecule has 0 bridgehead atoms. The Balaban J connectivity index is 2.01. The van der Waals surface area contributed by atoms with Crippen LogP contribution >= 0.6 is 15.9 Å². The fourth-order valence-corrected chi connectivity index (χ4v) is 2.96. The number of anilines is 1. The molecular formula is C18H20BrFN2O. The number of carbonyl (C=O) groups is 1. The Morgan fingerprint density at radius 1 is 1.17 bits per heavy atom. The molecule has 2 aromatic rings. The van der Waals surface area contributed by atoms with Gasteiger partial charge in [0.2, 0.25) is 5.91 Å². The van der Waals surface area contributed by atoms with Crippen LogP contribution in [0.5, 0.6) is 0 Å². The van der Waals surface area contributed by atoms with Gasteiger partial charge in [-0.2, -0.15) is 0 Å². The zero-order valence-corrected chi connectivity index (χ0v) is 14.9. The first kappa shape index (κ1) is 17.6. The van der Waals surface area contributed by atoms with E-state index in [-0.39, 0.29) is 17.6 Å². The van der Waals surface area contributed by atoms with Gasteiger partial charge in [0.15, 0.2) is 0 Å². The van der Waals surface area contributed by atoms with E-state index in [9.17, 15) is 9.18 Å². The molecule has 0 fully saturated rings. The second-order valence-corrected chi connectivity index (χ2v) is 6.46. The normalized spacial score (nSPS) is 13.4. The number of halogens is 2. The van der Waals surface area contributed by atoms with Crippen LogP contribution in [0.1, 0.15) is 31.0 Å². The number of benzene rings is 2. The summed E-state index contributed by atoms with van der Waals surface area (Å²) in [4.78, 5) is 12.2. The van der Waals surface area contributed by atoms with Crippen molar-refractivity contribution in [1.29, 1.82) is 0 Å². The number of hydrogen-bond donors (Lipinski definition) is 2. The van der Waals surface area contributed by atoms with Gasteiger partial charge in [0, 0.05) is 10.5 Å². The minimum Gasteiger partial charge on any atom is -0.322 e. The summed E-state index contributed by atoms with van der Waals surface area (Å²) < 4.78 is 14.8. The van der Waals surface area contributed by atoms with Crippen LogP contribution in [-0.2, 0) is 4.79 Å². The van der Waals surface area contributed by atoms with E-state index in [0.717, 1.165) is 15.6 Å². The van der Waals surface area contributed by atoms with Gasteiger partial charge >= 0.3 is 0 Å². The van der Waals surface area contributed by atoms with E-state index in [4.69, 9.17) is 0 Å². The van der Waals surface area contributed by atoms with Crippen LogP contribution in [0.2, 0.25) is 0 Å². The van der Waals surface area contributed by atoms with E-state index in [1.54, 1.807) is 26.0 Å². The molecule has 122 valence electrons. The lowest BCUT2D eigenvalue weighted by atomic mass is 10.1. The molecule has 3 nitrogen and oxygen atoms in total. The molecule has 2 unspecified atom stereocenters. The van der Waals surface area contributed by atoms with E-state index in [2.05, 4.69) is 26.6 Å². The molecule has 0 radical (unpaired) electrons. The molecule has 2 atom stereocenters. The minimum absolute atomic E-state index is 0.0193. The third-order valence-electron chi connectivity index (χ3n) is 3.65. The largest absolute Gasteiger partial charge is 0.322 e. The maximum Gasteiger partial charge on any atom is 0.241 e. The maximum absolute atomic E-state index is 13.8. The van der Waals surface area contributed by atoms with Crippen molar-refractivity contribution >= 4 is 27.5 Å². The fourth-order valence-electron chi connectivity index (χ4n) is 2.33. The molecule has 0 aromatic heterocycles. The van der Waals surface area contributed by atoms with Gasteiger partial charge in [-0.15, -0.1) is 0 Å². The number of aryl methyl sites for hydroxylation is 1. The monoisotopic (exact) mass is 378 g/mol. The summed E-state index contributed by atoms with van der Waals surface area (Å²) >= 11 is 3.50. The molecule has 0 aliphatic carbocycles. The molecule has 5 heteroatoms. The van der Waals surface area contributed by atoms with Gasteiger partial charge in [-0.25, -0.2) is 4.39 Å². The highest BCUT2D eigenvalue weighted by Crippen LogP contribution is 2.23. The third kappa shape index (κ3) is 4.62. The van der Waals surface area contributed by atoms with Gasteiger partial charge in [-0.3, -0.25) is 10.1 Å². The minimum atomic E-state index is -0.460. The Morgan fingerprint density at radius 2 is 1.87 bits per heavy atom. The summed E-state index contributed by atoms with van der Waals surface area (Å²) in [5.74, 6) is -0.698. The van der Waals surface area contributed by atoms with Gasteiger partial charge in [0.25, 0.3) is 0 Å². The third-order valence-corrected chi connectivity index (χ3v) is 4.37. The van der Waals surface area contributed by atoms with E-state index in [1.165, 1.54) is 6.07 Å². The summed E-state index contributed by atoms with van der Waals surface area (Å²) in [6.07, 6.45) is 0. The predicted molar refractivity (Wildman–Crippen MR) is 94.9 cm³/mol. The average Bonchev–Trinajstić information content (AvgIpc) is 2.50. The summed E-state index contributed by atoms with van der Waals surface area (Å²) in [6, 6.07) is 12.1. The summed E-state index contributed by atoms with van der Waals surface area (Å²) in [5, 5.41) is 5.84. The quantitative estimate of drug-likeness (QED) is 0.799. The summed E-state index contributed by atoms with van der Waals surface area (Å²) in [7, 11) is 0. The van der Waals surface area contributed by atoms with Gasteiger partial charge < -0.3 is 5.32 Å². The predicted octanol–water partition coefficient (Wildman–Crippen LogP) is 4.57. The van der Waals surface area contributed by atoms with Crippen molar-refractivity contribution in [2.24, 2.45) is 0 Å². The van der Waals surface area contributed by atoms with Crippen molar-refractivity contribution in [3.8, 4) is 0 Å². The van der Waals surface area contributed by atoms with Crippen LogP contribution in [-0.4, -0.2) is 11.9 Å². The smallest absolute Gasteiger partial charge is 0.241 e. The molecular weight excluding hydrogens is 359 g/mol. The van der Waals surface area contributed by atoms with E-state index in [1.807, 2.05) is 31.2 Å². The van der Waals surface area contributed by atoms with Crippen LogP contribution in [0, 0.1) is 12.7 Å². The fraction of sp³-hybridized carbons (Fsp3) is 0.278. The first-order valence-electron chi connectivity index (χ1n) is 7.46. The summed E-state index contributed by atoms with van der Waals surface area (Å²) in [6.45, 7) is 5.55. The second-order valence-electron chi connectivity index (χ2n) is 5.60. The standard InChI is InChI=1S/C18H20BrFN2O/c1-11-8-9-17(16(20)10-11)22-18(23)13(3)21-12(2)14-6-4-5-7-15(14)19/h4-10,12-13,21H,1-3H3,(H,22,23). The first-order chi connectivity index (χ1) is 10.9. The van der Waals surface area contributed by atoms with Gasteiger partial charge in [0.05, 0.1) is 11.7 Å². The van der Waals surface area contributed by atoms with Crippen molar-refractivity contribution in [3.63, 3.8) is 0 Å². The maximum atomic E-state index is 13.8. The number of rotatable bonds is 5. The molecule has 0 aliphatic rings. The lowest BCUT2D eigenvalue weighted by molar-refractivity contribution is -0.118. The summed E-state index contributed by atoms with van der Waals surface area (Å²) in [5.41, 5.74) is 2.07. The zero-order chi connectivity index (χ0) is 17.0. The van der Waals surface area contributed by atoms with Crippen molar-refractivity contribution < 1.29 is 9.18 Å². The number of nitrogens with one attached hydrogen (secondary N) is 2. The molecule has 0 aliphatic heterocycles. The molecule has 0 saturated heterocycles. The molecule has 2 rings (SSSR count). The highest BCUT2D eigenvalue weighted by Gasteiger charge is 2.18. The first-order valence-corrected chi connectivity index (χ1v) is 8.25. The van der Waals surface area contributed by atoms with Crippen LogP contribution < -0.4 is 10.6 Å². The van der Waals surface area contributed by atoms with E-state index >= 15 is 0 Å². The highest BCUT2D eigenvalue weighted by atomic mass is 79.9. The Kier molecular flexibility index (Phi) is 5.91. The van der Waals surface area contributed by atoms with Crippen LogP contribution in [0.3, 0.4) is 0 Å². The Hall–Kier alpha value is -1.72. The van der Waals surface area contributed by atoms with Crippen LogP contribution in [0.15, 0.2) is 46.9 Å². The van der Waals surface area contributed by atoms with Crippen molar-refractivity contribution in [1.82, 2.24) is 5.32 Å². The van der Waals surface area contributed by atoms with Crippen molar-refractivity contribution in [2.75, 3.05) is 5.32 Å². The SMILES string of the molecule is Cc1ccc(NC(=O)C(C)NC(C)c2ccccc2Br)c(F)c1. The Bertz CT molecular complexity index is 705. The molecule has 0 heterocycles. The van der Waals surface area contributed by atoms with Crippen molar-refractivity contribution in [3.05, 3.63) is 63.9 Å². The lowest BCUT2D eigenvalue weighted by Crippen LogP contribution is -2.39. The van der Waals surface area contributed by atoms with Gasteiger partial charge in [0.1, 0.15) is 5.82 Å². The lowest BCUT2D eigenvalue weighted by Gasteiger charge is -2.21. The Labute approximate surface area is 144 Å². The molecule has 0 spiro atoms. The van der Waals surface area contributed by atoms with Crippen molar-refractivity contribution in [2.45, 2.75) is 32.9 Å². The number of carbonyl (C=O) groups excluding carboxylic acids is 1. The second kappa shape index (κ2) is 7.70. The average molecular weight is 379 g/mol. The highest BCUT2D eigenvalue weighted by molar-refractivity contribution is 9.10. The van der Waals surface area contributed by atoms with Crippen LogP contribution in [0.4, 0.5) is 10.1 Å². The molecule has 0 saturated carbocycles. The molecule has 23 heavy (non-hydrogen) atoms. The van der Waals surface area contributed by atoms with Gasteiger partial charge in [-0.05, 0) is 50.1 Å². The van der Waals surface area contributed by atoms with E-state index < -0.39 is 11.9 Å². The topological polar surface area (TPSA) is 41.1 Å². The zero-order valence-electron chi connectivity index (χ0n) is 13.4. The van der Waals surface area contributed by atoms with E-state index in [0.29, 0.717) is 0 Å². The van der Waals surface area contributed by atoms with Crippen LogP contribution in [0.25, 0.3) is 0 Å². The molecule has 2 aromatic carbocycles. The molecule has 2 N–H and O–H groups in total. The number of hydrogen-bond acceptors (Lipinski definition) is 2. The Morgan fingerprint density at radius 3 is 2.52 bits per heavy atom.